The van der Waals surface area contributed by atoms with Crippen molar-refractivity contribution in [2.75, 3.05) is 29.9 Å². The maximum atomic E-state index is 11.7. The van der Waals surface area contributed by atoms with E-state index >= 15 is 0 Å². The minimum Gasteiger partial charge on any atom is -0.372 e. The van der Waals surface area contributed by atoms with Crippen LogP contribution >= 0.6 is 0 Å². The number of carbonyl (C=O) groups excluding carboxylic acids is 1. The molecule has 4 nitrogen and oxygen atoms in total. The van der Waals surface area contributed by atoms with E-state index in [9.17, 15) is 4.79 Å². The van der Waals surface area contributed by atoms with Crippen molar-refractivity contribution in [2.24, 2.45) is 0 Å². The molecule has 0 aliphatic carbocycles. The summed E-state index contributed by atoms with van der Waals surface area (Å²) in [5.41, 5.74) is 2.02. The molecule has 1 amide bonds. The zero-order chi connectivity index (χ0) is 14.3. The van der Waals surface area contributed by atoms with Crippen molar-refractivity contribution in [1.29, 1.82) is 0 Å². The number of carbonyl (C=O) groups is 1. The van der Waals surface area contributed by atoms with E-state index in [-0.39, 0.29) is 5.91 Å². The largest absolute Gasteiger partial charge is 0.372 e. The lowest BCUT2D eigenvalue weighted by Crippen LogP contribution is -2.32. The second-order valence-corrected chi connectivity index (χ2v) is 4.80. The van der Waals surface area contributed by atoms with Crippen molar-refractivity contribution in [3.05, 3.63) is 24.3 Å². The Hall–Kier alpha value is -1.55. The second kappa shape index (κ2) is 7.79. The highest BCUT2D eigenvalue weighted by Crippen LogP contribution is 2.17. The van der Waals surface area contributed by atoms with Crippen LogP contribution in [0.5, 0.6) is 0 Å². The molecule has 1 rings (SSSR count). The molecule has 0 fully saturated rings. The summed E-state index contributed by atoms with van der Waals surface area (Å²) in [5, 5.41) is 5.97. The van der Waals surface area contributed by atoms with Crippen LogP contribution in [0.3, 0.4) is 0 Å². The van der Waals surface area contributed by atoms with Crippen LogP contribution in [0.4, 0.5) is 11.4 Å². The van der Waals surface area contributed by atoms with Gasteiger partial charge in [0.2, 0.25) is 5.91 Å². The van der Waals surface area contributed by atoms with E-state index in [1.165, 1.54) is 5.69 Å². The van der Waals surface area contributed by atoms with Crippen molar-refractivity contribution in [3.63, 3.8) is 0 Å². The van der Waals surface area contributed by atoms with Gasteiger partial charge in [-0.15, -0.1) is 0 Å². The summed E-state index contributed by atoms with van der Waals surface area (Å²) in [6.45, 7) is 10.6. The SMILES string of the molecule is CCN(CC)c1ccc(NC(=O)CNC(C)C)cc1. The normalized spacial score (nSPS) is 10.6. The average molecular weight is 263 g/mol. The molecule has 0 radical (unpaired) electrons. The van der Waals surface area contributed by atoms with Crippen LogP contribution in [0.1, 0.15) is 27.7 Å². The minimum absolute atomic E-state index is 0.00992. The third kappa shape index (κ3) is 5.30. The predicted octanol–water partition coefficient (Wildman–Crippen LogP) is 2.47. The first-order valence-corrected chi connectivity index (χ1v) is 6.95. The Kier molecular flexibility index (Phi) is 6.36. The third-order valence-electron chi connectivity index (χ3n) is 2.95. The fraction of sp³-hybridized carbons (Fsp3) is 0.533. The van der Waals surface area contributed by atoms with Gasteiger partial charge in [0.25, 0.3) is 0 Å². The summed E-state index contributed by atoms with van der Waals surface area (Å²) in [6, 6.07) is 8.29. The van der Waals surface area contributed by atoms with E-state index in [0.29, 0.717) is 12.6 Å². The Balaban J connectivity index is 2.54. The predicted molar refractivity (Wildman–Crippen MR) is 81.8 cm³/mol. The van der Waals surface area contributed by atoms with Crippen molar-refractivity contribution in [2.45, 2.75) is 33.7 Å². The van der Waals surface area contributed by atoms with E-state index in [1.54, 1.807) is 0 Å². The van der Waals surface area contributed by atoms with Gasteiger partial charge in [-0.2, -0.15) is 0 Å². The van der Waals surface area contributed by atoms with E-state index in [0.717, 1.165) is 18.8 Å². The molecule has 106 valence electrons. The zero-order valence-electron chi connectivity index (χ0n) is 12.4. The Morgan fingerprint density at radius 1 is 1.16 bits per heavy atom. The molecular weight excluding hydrogens is 238 g/mol. The quantitative estimate of drug-likeness (QED) is 0.794. The van der Waals surface area contributed by atoms with Crippen molar-refractivity contribution < 1.29 is 4.79 Å². The first-order chi connectivity index (χ1) is 9.06. The maximum absolute atomic E-state index is 11.7. The van der Waals surface area contributed by atoms with Crippen LogP contribution in [0, 0.1) is 0 Å². The third-order valence-corrected chi connectivity index (χ3v) is 2.95. The number of benzene rings is 1. The average Bonchev–Trinajstić information content (AvgIpc) is 2.40. The van der Waals surface area contributed by atoms with Crippen LogP contribution in [0.2, 0.25) is 0 Å². The number of nitrogens with one attached hydrogen (secondary N) is 2. The lowest BCUT2D eigenvalue weighted by atomic mass is 10.2. The standard InChI is InChI=1S/C15H25N3O/c1-5-18(6-2)14-9-7-13(8-10-14)17-15(19)11-16-12(3)4/h7-10,12,16H,5-6,11H2,1-4H3,(H,17,19). The molecule has 0 saturated carbocycles. The molecule has 0 bridgehead atoms. The number of hydrogen-bond acceptors (Lipinski definition) is 3. The van der Waals surface area contributed by atoms with Gasteiger partial charge in [-0.25, -0.2) is 0 Å². The first-order valence-electron chi connectivity index (χ1n) is 6.95. The Labute approximate surface area is 116 Å². The number of amides is 1. The Morgan fingerprint density at radius 3 is 2.21 bits per heavy atom. The summed E-state index contributed by atoms with van der Waals surface area (Å²) in [7, 11) is 0. The zero-order valence-corrected chi connectivity index (χ0v) is 12.4. The number of rotatable bonds is 7. The molecular formula is C15H25N3O. The summed E-state index contributed by atoms with van der Waals surface area (Å²) >= 11 is 0. The van der Waals surface area contributed by atoms with E-state index in [1.807, 2.05) is 38.1 Å². The maximum Gasteiger partial charge on any atom is 0.238 e. The highest BCUT2D eigenvalue weighted by Gasteiger charge is 2.04. The molecule has 0 saturated heterocycles. The lowest BCUT2D eigenvalue weighted by Gasteiger charge is -2.21. The summed E-state index contributed by atoms with van der Waals surface area (Å²) in [5.74, 6) is -0.00992. The van der Waals surface area contributed by atoms with Gasteiger partial charge < -0.3 is 15.5 Å². The van der Waals surface area contributed by atoms with Crippen LogP contribution in [-0.4, -0.2) is 31.6 Å². The highest BCUT2D eigenvalue weighted by atomic mass is 16.1. The van der Waals surface area contributed by atoms with E-state index < -0.39 is 0 Å². The molecule has 19 heavy (non-hydrogen) atoms. The molecule has 0 heterocycles. The van der Waals surface area contributed by atoms with Gasteiger partial charge in [-0.1, -0.05) is 13.8 Å². The molecule has 0 unspecified atom stereocenters. The van der Waals surface area contributed by atoms with Gasteiger partial charge in [0, 0.05) is 30.5 Å². The fourth-order valence-corrected chi connectivity index (χ4v) is 1.85. The monoisotopic (exact) mass is 263 g/mol. The van der Waals surface area contributed by atoms with Crippen molar-refractivity contribution in [3.8, 4) is 0 Å². The Morgan fingerprint density at radius 2 is 1.74 bits per heavy atom. The van der Waals surface area contributed by atoms with Crippen LogP contribution in [0.15, 0.2) is 24.3 Å². The van der Waals surface area contributed by atoms with Gasteiger partial charge >= 0.3 is 0 Å². The van der Waals surface area contributed by atoms with Crippen molar-refractivity contribution in [1.82, 2.24) is 5.32 Å². The molecule has 0 spiro atoms. The lowest BCUT2D eigenvalue weighted by molar-refractivity contribution is -0.115. The van der Waals surface area contributed by atoms with Gasteiger partial charge in [0.15, 0.2) is 0 Å². The molecule has 0 aliphatic heterocycles. The topological polar surface area (TPSA) is 44.4 Å². The molecule has 0 aromatic heterocycles. The summed E-state index contributed by atoms with van der Waals surface area (Å²) in [4.78, 5) is 13.9. The summed E-state index contributed by atoms with van der Waals surface area (Å²) < 4.78 is 0. The van der Waals surface area contributed by atoms with Gasteiger partial charge in [0.05, 0.1) is 6.54 Å². The van der Waals surface area contributed by atoms with Gasteiger partial charge in [-0.3, -0.25) is 4.79 Å². The number of nitrogens with zero attached hydrogens (tertiary/aromatic N) is 1. The molecule has 1 aromatic rings. The van der Waals surface area contributed by atoms with Crippen LogP contribution in [0.25, 0.3) is 0 Å². The second-order valence-electron chi connectivity index (χ2n) is 4.80. The summed E-state index contributed by atoms with van der Waals surface area (Å²) in [6.07, 6.45) is 0. The number of anilines is 2. The van der Waals surface area contributed by atoms with Crippen molar-refractivity contribution >= 4 is 17.3 Å². The molecule has 0 aliphatic rings. The molecule has 4 heteroatoms. The Bertz CT molecular complexity index is 383. The van der Waals surface area contributed by atoms with Crippen LogP contribution in [-0.2, 0) is 4.79 Å². The van der Waals surface area contributed by atoms with Gasteiger partial charge in [-0.05, 0) is 38.1 Å². The van der Waals surface area contributed by atoms with E-state index in [2.05, 4.69) is 29.4 Å². The van der Waals surface area contributed by atoms with Crippen LogP contribution < -0.4 is 15.5 Å². The molecule has 1 aromatic carbocycles. The highest BCUT2D eigenvalue weighted by molar-refractivity contribution is 5.92. The fourth-order valence-electron chi connectivity index (χ4n) is 1.85. The molecule has 2 N–H and O–H groups in total. The van der Waals surface area contributed by atoms with Gasteiger partial charge in [0.1, 0.15) is 0 Å². The smallest absolute Gasteiger partial charge is 0.238 e. The number of hydrogen-bond donors (Lipinski definition) is 2. The molecule has 0 atom stereocenters. The first kappa shape index (κ1) is 15.5. The minimum atomic E-state index is -0.00992. The van der Waals surface area contributed by atoms with E-state index in [4.69, 9.17) is 0 Å².